The van der Waals surface area contributed by atoms with Crippen LogP contribution >= 0.6 is 34.8 Å². The maximum absolute atomic E-state index is 10.9. The zero-order chi connectivity index (χ0) is 10.2. The summed E-state index contributed by atoms with van der Waals surface area (Å²) >= 11 is 16.8. The highest BCUT2D eigenvalue weighted by molar-refractivity contribution is 7.89. The van der Waals surface area contributed by atoms with Crippen LogP contribution in [0.1, 0.15) is 0 Å². The van der Waals surface area contributed by atoms with Crippen LogP contribution in [0.4, 0.5) is 0 Å². The average molecular weight is 261 g/mol. The number of primary sulfonamides is 1. The summed E-state index contributed by atoms with van der Waals surface area (Å²) in [6.45, 7) is 0. The molecule has 7 heteroatoms. The quantitative estimate of drug-likeness (QED) is 0.788. The molecule has 0 heterocycles. The molecule has 0 saturated heterocycles. The first-order valence-electron chi connectivity index (χ1n) is 3.00. The summed E-state index contributed by atoms with van der Waals surface area (Å²) in [7, 11) is -3.85. The summed E-state index contributed by atoms with van der Waals surface area (Å²) < 4.78 is 21.8. The molecule has 0 atom stereocenters. The zero-order valence-electron chi connectivity index (χ0n) is 6.09. The second kappa shape index (κ2) is 3.63. The van der Waals surface area contributed by atoms with Crippen molar-refractivity contribution in [1.29, 1.82) is 0 Å². The summed E-state index contributed by atoms with van der Waals surface area (Å²) in [4.78, 5) is -0.233. The van der Waals surface area contributed by atoms with Gasteiger partial charge < -0.3 is 0 Å². The molecule has 0 amide bonds. The third-order valence-electron chi connectivity index (χ3n) is 1.31. The van der Waals surface area contributed by atoms with E-state index < -0.39 is 10.0 Å². The van der Waals surface area contributed by atoms with Crippen LogP contribution in [0.2, 0.25) is 15.1 Å². The van der Waals surface area contributed by atoms with E-state index in [0.717, 1.165) is 0 Å². The monoisotopic (exact) mass is 259 g/mol. The van der Waals surface area contributed by atoms with Gasteiger partial charge >= 0.3 is 0 Å². The van der Waals surface area contributed by atoms with Gasteiger partial charge in [0.25, 0.3) is 0 Å². The Kier molecular flexibility index (Phi) is 3.09. The van der Waals surface area contributed by atoms with Crippen LogP contribution in [0.3, 0.4) is 0 Å². The van der Waals surface area contributed by atoms with Crippen molar-refractivity contribution in [1.82, 2.24) is 0 Å². The fraction of sp³-hybridized carbons (Fsp3) is 0. The normalized spacial score (nSPS) is 11.7. The van der Waals surface area contributed by atoms with Gasteiger partial charge in [0.15, 0.2) is 0 Å². The maximum Gasteiger partial charge on any atom is 0.239 e. The van der Waals surface area contributed by atoms with Gasteiger partial charge in [-0.05, 0) is 12.1 Å². The van der Waals surface area contributed by atoms with Crippen LogP contribution in [0, 0.1) is 0 Å². The molecule has 1 aromatic carbocycles. The summed E-state index contributed by atoms with van der Waals surface area (Å²) in [6, 6.07) is 2.52. The van der Waals surface area contributed by atoms with Gasteiger partial charge in [0.05, 0.1) is 15.1 Å². The van der Waals surface area contributed by atoms with Crippen molar-refractivity contribution >= 4 is 44.8 Å². The molecule has 0 unspecified atom stereocenters. The Bertz CT molecular complexity index is 443. The van der Waals surface area contributed by atoms with Crippen molar-refractivity contribution in [3.05, 3.63) is 27.2 Å². The van der Waals surface area contributed by atoms with Gasteiger partial charge in [0.2, 0.25) is 10.0 Å². The van der Waals surface area contributed by atoms with E-state index in [9.17, 15) is 8.42 Å². The van der Waals surface area contributed by atoms with Gasteiger partial charge in [0.1, 0.15) is 4.90 Å². The molecule has 0 saturated carbocycles. The fourth-order valence-corrected chi connectivity index (χ4v) is 2.25. The maximum atomic E-state index is 10.9. The molecule has 0 radical (unpaired) electrons. The first-order valence-corrected chi connectivity index (χ1v) is 5.68. The number of sulfonamides is 1. The third-order valence-corrected chi connectivity index (χ3v) is 3.67. The van der Waals surface area contributed by atoms with Gasteiger partial charge in [-0.3, -0.25) is 0 Å². The van der Waals surface area contributed by atoms with Gasteiger partial charge in [-0.1, -0.05) is 34.8 Å². The number of benzene rings is 1. The highest BCUT2D eigenvalue weighted by Gasteiger charge is 2.16. The molecule has 13 heavy (non-hydrogen) atoms. The number of hydrogen-bond acceptors (Lipinski definition) is 2. The van der Waals surface area contributed by atoms with E-state index in [1.807, 2.05) is 0 Å². The molecular formula is C6H4Cl3NO2S. The minimum absolute atomic E-state index is 0.0186. The molecule has 3 nitrogen and oxygen atoms in total. The highest BCUT2D eigenvalue weighted by atomic mass is 35.5. The van der Waals surface area contributed by atoms with Crippen LogP contribution < -0.4 is 5.14 Å². The van der Waals surface area contributed by atoms with Crippen molar-refractivity contribution in [2.24, 2.45) is 5.14 Å². The van der Waals surface area contributed by atoms with Crippen LogP contribution in [0.5, 0.6) is 0 Å². The van der Waals surface area contributed by atoms with Crippen molar-refractivity contribution < 1.29 is 8.42 Å². The van der Waals surface area contributed by atoms with E-state index in [1.54, 1.807) is 0 Å². The molecule has 0 aliphatic rings. The van der Waals surface area contributed by atoms with Crippen molar-refractivity contribution in [2.75, 3.05) is 0 Å². The predicted molar refractivity (Wildman–Crippen MR) is 52.8 cm³/mol. The summed E-state index contributed by atoms with van der Waals surface area (Å²) in [5, 5.41) is 4.87. The first-order chi connectivity index (χ1) is 5.84. The number of hydrogen-bond donors (Lipinski definition) is 1. The fourth-order valence-electron chi connectivity index (χ4n) is 0.728. The number of halogens is 3. The summed E-state index contributed by atoms with van der Waals surface area (Å²) in [5.41, 5.74) is 0. The van der Waals surface area contributed by atoms with Crippen LogP contribution in [-0.2, 0) is 10.0 Å². The van der Waals surface area contributed by atoms with Gasteiger partial charge in [0, 0.05) is 0 Å². The van der Waals surface area contributed by atoms with Crippen LogP contribution in [0.15, 0.2) is 17.0 Å². The molecule has 1 rings (SSSR count). The smallest absolute Gasteiger partial charge is 0.225 e. The number of nitrogens with two attached hydrogens (primary N) is 1. The van der Waals surface area contributed by atoms with Crippen molar-refractivity contribution in [3.8, 4) is 0 Å². The van der Waals surface area contributed by atoms with Gasteiger partial charge in [-0.2, -0.15) is 0 Å². The molecule has 0 aliphatic carbocycles. The molecule has 0 spiro atoms. The molecule has 1 aromatic rings. The van der Waals surface area contributed by atoms with E-state index in [-0.39, 0.29) is 20.0 Å². The molecule has 72 valence electrons. The second-order valence-electron chi connectivity index (χ2n) is 2.22. The Labute approximate surface area is 90.4 Å². The van der Waals surface area contributed by atoms with Crippen LogP contribution in [0.25, 0.3) is 0 Å². The molecular weight excluding hydrogens is 256 g/mol. The SMILES string of the molecule is NS(=O)(=O)c1ccc(Cl)c(Cl)c1Cl. The largest absolute Gasteiger partial charge is 0.239 e. The van der Waals surface area contributed by atoms with Gasteiger partial charge in [-0.15, -0.1) is 0 Å². The van der Waals surface area contributed by atoms with Crippen molar-refractivity contribution in [3.63, 3.8) is 0 Å². The molecule has 0 aliphatic heterocycles. The lowest BCUT2D eigenvalue weighted by atomic mass is 10.4. The zero-order valence-corrected chi connectivity index (χ0v) is 9.17. The van der Waals surface area contributed by atoms with Gasteiger partial charge in [-0.25, -0.2) is 13.6 Å². The van der Waals surface area contributed by atoms with E-state index in [4.69, 9.17) is 39.9 Å². The van der Waals surface area contributed by atoms with E-state index >= 15 is 0 Å². The average Bonchev–Trinajstić information content (AvgIpc) is 1.98. The number of rotatable bonds is 1. The Hall–Kier alpha value is -0.000000000000000167. The van der Waals surface area contributed by atoms with E-state index in [1.165, 1.54) is 12.1 Å². The standard InChI is InChI=1S/C6H4Cl3NO2S/c7-3-1-2-4(13(10,11)12)6(9)5(3)8/h1-2H,(H2,10,11,12). The summed E-state index contributed by atoms with van der Waals surface area (Å²) in [5.74, 6) is 0. The Morgan fingerprint density at radius 1 is 1.08 bits per heavy atom. The highest BCUT2D eigenvalue weighted by Crippen LogP contribution is 2.34. The summed E-state index contributed by atoms with van der Waals surface area (Å²) in [6.07, 6.45) is 0. The molecule has 2 N–H and O–H groups in total. The minimum Gasteiger partial charge on any atom is -0.225 e. The molecule has 0 aromatic heterocycles. The lowest BCUT2D eigenvalue weighted by Crippen LogP contribution is -2.12. The third kappa shape index (κ3) is 2.27. The van der Waals surface area contributed by atoms with Crippen molar-refractivity contribution in [2.45, 2.75) is 4.90 Å². The Balaban J connectivity index is 3.53. The van der Waals surface area contributed by atoms with Crippen LogP contribution in [-0.4, -0.2) is 8.42 Å². The Morgan fingerprint density at radius 3 is 2.08 bits per heavy atom. The van der Waals surface area contributed by atoms with E-state index in [0.29, 0.717) is 0 Å². The lowest BCUT2D eigenvalue weighted by molar-refractivity contribution is 0.598. The Morgan fingerprint density at radius 2 is 1.62 bits per heavy atom. The second-order valence-corrected chi connectivity index (χ2v) is 4.91. The van der Waals surface area contributed by atoms with E-state index in [2.05, 4.69) is 0 Å². The lowest BCUT2D eigenvalue weighted by Gasteiger charge is -2.03. The minimum atomic E-state index is -3.85. The first kappa shape index (κ1) is 11.1. The molecule has 0 bridgehead atoms. The molecule has 0 fully saturated rings. The topological polar surface area (TPSA) is 60.2 Å². The predicted octanol–water partition coefficient (Wildman–Crippen LogP) is 2.29.